The van der Waals surface area contributed by atoms with E-state index in [1.165, 1.54) is 5.56 Å². The number of pyridine rings is 1. The van der Waals surface area contributed by atoms with Crippen molar-refractivity contribution in [3.8, 4) is 0 Å². The lowest BCUT2D eigenvalue weighted by Gasteiger charge is -2.08. The fourth-order valence-electron chi connectivity index (χ4n) is 1.68. The van der Waals surface area contributed by atoms with Gasteiger partial charge in [-0.15, -0.1) is 0 Å². The Bertz CT molecular complexity index is 501. The molecule has 0 spiro atoms. The Labute approximate surface area is 102 Å². The van der Waals surface area contributed by atoms with Gasteiger partial charge in [-0.3, -0.25) is 9.98 Å². The first kappa shape index (κ1) is 11.5. The maximum Gasteiger partial charge on any atom is 0.0812 e. The number of hydrogen-bond acceptors (Lipinski definition) is 2. The van der Waals surface area contributed by atoms with Gasteiger partial charge in [-0.2, -0.15) is 0 Å². The zero-order chi connectivity index (χ0) is 12.1. The number of rotatable bonds is 3. The molecular formula is C15H16N2. The molecule has 0 bridgehead atoms. The van der Waals surface area contributed by atoms with Gasteiger partial charge in [-0.1, -0.05) is 38.1 Å². The van der Waals surface area contributed by atoms with E-state index >= 15 is 0 Å². The molecule has 0 saturated carbocycles. The summed E-state index contributed by atoms with van der Waals surface area (Å²) < 4.78 is 0. The second-order valence-electron chi connectivity index (χ2n) is 4.23. The largest absolute Gasteiger partial charge is 0.255 e. The fourth-order valence-corrected chi connectivity index (χ4v) is 1.68. The topological polar surface area (TPSA) is 25.2 Å². The molecule has 0 aliphatic rings. The van der Waals surface area contributed by atoms with Crippen LogP contribution < -0.4 is 0 Å². The Morgan fingerprint density at radius 1 is 1.06 bits per heavy atom. The summed E-state index contributed by atoms with van der Waals surface area (Å²) in [6, 6.07) is 14.0. The van der Waals surface area contributed by atoms with E-state index in [2.05, 4.69) is 36.0 Å². The van der Waals surface area contributed by atoms with Crippen LogP contribution in [-0.2, 0) is 0 Å². The molecule has 0 unspecified atom stereocenters. The molecule has 2 rings (SSSR count). The summed E-state index contributed by atoms with van der Waals surface area (Å²) in [4.78, 5) is 8.73. The molecule has 2 aromatic rings. The molecule has 1 aromatic carbocycles. The molecule has 1 heterocycles. The summed E-state index contributed by atoms with van der Waals surface area (Å²) in [5, 5.41) is 0. The smallest absolute Gasteiger partial charge is 0.0812 e. The first-order valence-electron chi connectivity index (χ1n) is 5.81. The van der Waals surface area contributed by atoms with Crippen molar-refractivity contribution in [1.29, 1.82) is 0 Å². The fraction of sp³-hybridized carbons (Fsp3) is 0.200. The SMILES string of the molecule is CC(C)c1ccccc1N=Cc1ccccn1. The average Bonchev–Trinajstić information content (AvgIpc) is 2.38. The van der Waals surface area contributed by atoms with Crippen molar-refractivity contribution in [1.82, 2.24) is 4.98 Å². The Hall–Kier alpha value is -1.96. The van der Waals surface area contributed by atoms with E-state index in [0.29, 0.717) is 5.92 Å². The van der Waals surface area contributed by atoms with Crippen LogP contribution in [0.4, 0.5) is 5.69 Å². The van der Waals surface area contributed by atoms with Crippen molar-refractivity contribution in [2.75, 3.05) is 0 Å². The monoisotopic (exact) mass is 224 g/mol. The maximum absolute atomic E-state index is 4.51. The summed E-state index contributed by atoms with van der Waals surface area (Å²) >= 11 is 0. The molecule has 17 heavy (non-hydrogen) atoms. The van der Waals surface area contributed by atoms with Crippen molar-refractivity contribution in [3.63, 3.8) is 0 Å². The molecule has 0 saturated heterocycles. The molecule has 2 nitrogen and oxygen atoms in total. The minimum absolute atomic E-state index is 0.479. The van der Waals surface area contributed by atoms with Gasteiger partial charge < -0.3 is 0 Å². The van der Waals surface area contributed by atoms with Crippen LogP contribution in [0.25, 0.3) is 0 Å². The molecule has 0 aliphatic carbocycles. The third-order valence-corrected chi connectivity index (χ3v) is 2.58. The van der Waals surface area contributed by atoms with Crippen LogP contribution in [0.5, 0.6) is 0 Å². The van der Waals surface area contributed by atoms with E-state index < -0.39 is 0 Å². The van der Waals surface area contributed by atoms with Gasteiger partial charge in [-0.25, -0.2) is 0 Å². The van der Waals surface area contributed by atoms with Crippen LogP contribution in [0.1, 0.15) is 31.0 Å². The maximum atomic E-state index is 4.51. The lowest BCUT2D eigenvalue weighted by molar-refractivity contribution is 0.867. The lowest BCUT2D eigenvalue weighted by atomic mass is 10.0. The van der Waals surface area contributed by atoms with Crippen molar-refractivity contribution < 1.29 is 0 Å². The van der Waals surface area contributed by atoms with E-state index in [9.17, 15) is 0 Å². The molecular weight excluding hydrogens is 208 g/mol. The second-order valence-corrected chi connectivity index (χ2v) is 4.23. The molecule has 0 N–H and O–H groups in total. The molecule has 0 aliphatic heterocycles. The van der Waals surface area contributed by atoms with E-state index in [-0.39, 0.29) is 0 Å². The number of nitrogens with zero attached hydrogens (tertiary/aromatic N) is 2. The third kappa shape index (κ3) is 3.00. The van der Waals surface area contributed by atoms with E-state index in [1.54, 1.807) is 12.4 Å². The quantitative estimate of drug-likeness (QED) is 0.724. The van der Waals surface area contributed by atoms with Gasteiger partial charge in [0.05, 0.1) is 17.6 Å². The highest BCUT2D eigenvalue weighted by atomic mass is 14.8. The number of para-hydroxylation sites is 1. The van der Waals surface area contributed by atoms with Crippen LogP contribution in [0.15, 0.2) is 53.7 Å². The summed E-state index contributed by atoms with van der Waals surface area (Å²) in [7, 11) is 0. The van der Waals surface area contributed by atoms with Crippen molar-refractivity contribution >= 4 is 11.9 Å². The van der Waals surface area contributed by atoms with Gasteiger partial charge >= 0.3 is 0 Å². The van der Waals surface area contributed by atoms with E-state index in [1.807, 2.05) is 30.3 Å². The molecule has 0 atom stereocenters. The zero-order valence-corrected chi connectivity index (χ0v) is 10.2. The Morgan fingerprint density at radius 3 is 2.53 bits per heavy atom. The predicted octanol–water partition coefficient (Wildman–Crippen LogP) is 3.96. The van der Waals surface area contributed by atoms with Gasteiger partial charge in [-0.05, 0) is 29.7 Å². The standard InChI is InChI=1S/C15H16N2/c1-12(2)14-8-3-4-9-15(14)17-11-13-7-5-6-10-16-13/h3-12H,1-2H3. The highest BCUT2D eigenvalue weighted by Crippen LogP contribution is 2.25. The highest BCUT2D eigenvalue weighted by molar-refractivity contribution is 5.79. The first-order valence-corrected chi connectivity index (χ1v) is 5.81. The Kier molecular flexibility index (Phi) is 3.66. The van der Waals surface area contributed by atoms with E-state index in [4.69, 9.17) is 0 Å². The molecule has 1 aromatic heterocycles. The minimum Gasteiger partial charge on any atom is -0.255 e. The zero-order valence-electron chi connectivity index (χ0n) is 10.2. The summed E-state index contributed by atoms with van der Waals surface area (Å²) in [6.45, 7) is 4.35. The summed E-state index contributed by atoms with van der Waals surface area (Å²) in [5.74, 6) is 0.479. The Balaban J connectivity index is 2.27. The number of aliphatic imine (C=N–C) groups is 1. The summed E-state index contributed by atoms with van der Waals surface area (Å²) in [6.07, 6.45) is 3.58. The normalized spacial score (nSPS) is 11.2. The van der Waals surface area contributed by atoms with Crippen LogP contribution in [-0.4, -0.2) is 11.2 Å². The van der Waals surface area contributed by atoms with Crippen molar-refractivity contribution in [2.24, 2.45) is 4.99 Å². The van der Waals surface area contributed by atoms with Gasteiger partial charge in [0.25, 0.3) is 0 Å². The molecule has 0 fully saturated rings. The average molecular weight is 224 g/mol. The van der Waals surface area contributed by atoms with Gasteiger partial charge in [0, 0.05) is 6.20 Å². The molecule has 86 valence electrons. The van der Waals surface area contributed by atoms with E-state index in [0.717, 1.165) is 11.4 Å². The van der Waals surface area contributed by atoms with Gasteiger partial charge in [0.2, 0.25) is 0 Å². The van der Waals surface area contributed by atoms with Crippen LogP contribution in [0.3, 0.4) is 0 Å². The van der Waals surface area contributed by atoms with Gasteiger partial charge in [0.15, 0.2) is 0 Å². The summed E-state index contributed by atoms with van der Waals surface area (Å²) in [5.41, 5.74) is 3.17. The van der Waals surface area contributed by atoms with Crippen LogP contribution >= 0.6 is 0 Å². The minimum atomic E-state index is 0.479. The highest BCUT2D eigenvalue weighted by Gasteiger charge is 2.03. The molecule has 0 radical (unpaired) electrons. The van der Waals surface area contributed by atoms with Gasteiger partial charge in [0.1, 0.15) is 0 Å². The lowest BCUT2D eigenvalue weighted by Crippen LogP contribution is -1.89. The second kappa shape index (κ2) is 5.39. The van der Waals surface area contributed by atoms with Crippen LogP contribution in [0, 0.1) is 0 Å². The number of hydrogen-bond donors (Lipinski definition) is 0. The Morgan fingerprint density at radius 2 is 1.82 bits per heavy atom. The number of aromatic nitrogens is 1. The molecule has 0 amide bonds. The van der Waals surface area contributed by atoms with Crippen LogP contribution in [0.2, 0.25) is 0 Å². The van der Waals surface area contributed by atoms with Crippen molar-refractivity contribution in [3.05, 3.63) is 59.9 Å². The third-order valence-electron chi connectivity index (χ3n) is 2.58. The number of benzene rings is 1. The first-order chi connectivity index (χ1) is 8.27. The predicted molar refractivity (Wildman–Crippen MR) is 72.0 cm³/mol. The molecule has 2 heteroatoms. The van der Waals surface area contributed by atoms with Crippen molar-refractivity contribution in [2.45, 2.75) is 19.8 Å².